The van der Waals surface area contributed by atoms with Crippen LogP contribution in [0.5, 0.6) is 0 Å². The molecule has 0 saturated carbocycles. The Hall–Kier alpha value is -1.85. The highest BCUT2D eigenvalue weighted by atomic mass is 19.4. The van der Waals surface area contributed by atoms with Gasteiger partial charge in [0.1, 0.15) is 5.54 Å². The first-order valence-corrected chi connectivity index (χ1v) is 5.28. The van der Waals surface area contributed by atoms with Gasteiger partial charge in [-0.1, -0.05) is 0 Å². The van der Waals surface area contributed by atoms with Crippen molar-refractivity contribution in [3.05, 3.63) is 23.8 Å². The van der Waals surface area contributed by atoms with Gasteiger partial charge in [-0.25, -0.2) is 0 Å². The molecule has 1 aliphatic heterocycles. The summed E-state index contributed by atoms with van der Waals surface area (Å²) in [5.41, 5.74) is -0.671. The quantitative estimate of drug-likeness (QED) is 0.784. The number of aldehydes is 1. The van der Waals surface area contributed by atoms with Gasteiger partial charge in [0.2, 0.25) is 0 Å². The first kappa shape index (κ1) is 12.6. The third-order valence-electron chi connectivity index (χ3n) is 2.99. The summed E-state index contributed by atoms with van der Waals surface area (Å²) in [6, 6.07) is 3.22. The van der Waals surface area contributed by atoms with E-state index in [1.807, 2.05) is 0 Å². The molecule has 0 fully saturated rings. The number of halogens is 3. The zero-order valence-electron chi connectivity index (χ0n) is 9.80. The maximum atomic E-state index is 12.5. The van der Waals surface area contributed by atoms with Gasteiger partial charge in [-0.2, -0.15) is 13.2 Å². The molecule has 18 heavy (non-hydrogen) atoms. The van der Waals surface area contributed by atoms with Gasteiger partial charge in [-0.3, -0.25) is 4.99 Å². The number of carbonyl (C=O) groups excluding carboxylic acids is 1. The van der Waals surface area contributed by atoms with E-state index in [2.05, 4.69) is 10.3 Å². The lowest BCUT2D eigenvalue weighted by atomic mass is 9.95. The van der Waals surface area contributed by atoms with Gasteiger partial charge in [0.05, 0.1) is 16.9 Å². The van der Waals surface area contributed by atoms with Crippen LogP contribution in [-0.4, -0.2) is 17.5 Å². The number of benzene rings is 1. The molecule has 0 saturated heterocycles. The summed E-state index contributed by atoms with van der Waals surface area (Å²) >= 11 is 0. The van der Waals surface area contributed by atoms with Crippen LogP contribution < -0.4 is 5.32 Å². The van der Waals surface area contributed by atoms with Crippen molar-refractivity contribution in [2.45, 2.75) is 25.6 Å². The Morgan fingerprint density at radius 2 is 2.06 bits per heavy atom. The van der Waals surface area contributed by atoms with Crippen molar-refractivity contribution in [2.75, 3.05) is 5.32 Å². The molecule has 6 heteroatoms. The zero-order valence-corrected chi connectivity index (χ0v) is 9.80. The van der Waals surface area contributed by atoms with Crippen LogP contribution in [0.2, 0.25) is 0 Å². The van der Waals surface area contributed by atoms with E-state index in [0.29, 0.717) is 17.7 Å². The molecule has 96 valence electrons. The number of carbonyl (C=O) groups is 1. The molecule has 1 N–H and O–H groups in total. The molecule has 1 heterocycles. The summed E-state index contributed by atoms with van der Waals surface area (Å²) in [5, 5.41) is 2.89. The third kappa shape index (κ3) is 1.98. The van der Waals surface area contributed by atoms with Crippen molar-refractivity contribution >= 4 is 23.4 Å². The van der Waals surface area contributed by atoms with Crippen molar-refractivity contribution in [1.82, 2.24) is 0 Å². The van der Waals surface area contributed by atoms with Gasteiger partial charge < -0.3 is 10.1 Å². The molecule has 2 rings (SSSR count). The van der Waals surface area contributed by atoms with Crippen LogP contribution >= 0.6 is 0 Å². The van der Waals surface area contributed by atoms with Crippen molar-refractivity contribution in [3.8, 4) is 0 Å². The molecule has 0 radical (unpaired) electrons. The monoisotopic (exact) mass is 256 g/mol. The Morgan fingerprint density at radius 3 is 2.61 bits per heavy atom. The Labute approximate surface area is 102 Å². The number of rotatable bonds is 1. The van der Waals surface area contributed by atoms with Crippen LogP contribution in [0.3, 0.4) is 0 Å². The van der Waals surface area contributed by atoms with Crippen molar-refractivity contribution < 1.29 is 18.0 Å². The largest absolute Gasteiger partial charge is 0.416 e. The Bertz CT molecular complexity index is 537. The van der Waals surface area contributed by atoms with Gasteiger partial charge in [0.15, 0.2) is 6.29 Å². The molecule has 0 amide bonds. The van der Waals surface area contributed by atoms with Crippen molar-refractivity contribution in [1.29, 1.82) is 0 Å². The molecule has 0 aliphatic carbocycles. The number of aliphatic imine (C=N–C) groups is 1. The molecule has 1 atom stereocenters. The van der Waals surface area contributed by atoms with E-state index in [9.17, 15) is 18.0 Å². The van der Waals surface area contributed by atoms with Gasteiger partial charge in [0.25, 0.3) is 0 Å². The molecule has 0 spiro atoms. The lowest BCUT2D eigenvalue weighted by molar-refractivity contribution is -0.137. The van der Waals surface area contributed by atoms with Gasteiger partial charge in [0, 0.05) is 5.71 Å². The van der Waals surface area contributed by atoms with Crippen LogP contribution in [0.1, 0.15) is 19.4 Å². The van der Waals surface area contributed by atoms with Crippen molar-refractivity contribution in [2.24, 2.45) is 4.99 Å². The van der Waals surface area contributed by atoms with Crippen LogP contribution in [-0.2, 0) is 11.0 Å². The molecule has 1 aromatic rings. The minimum atomic E-state index is -4.40. The molecule has 3 nitrogen and oxygen atoms in total. The molecular weight excluding hydrogens is 245 g/mol. The summed E-state index contributed by atoms with van der Waals surface area (Å²) in [5.74, 6) is 0. The van der Waals surface area contributed by atoms with E-state index in [1.54, 1.807) is 13.8 Å². The minimum Gasteiger partial charge on any atom is -0.367 e. The van der Waals surface area contributed by atoms with E-state index in [0.717, 1.165) is 12.1 Å². The highest BCUT2D eigenvalue weighted by molar-refractivity contribution is 6.10. The number of nitrogens with zero attached hydrogens (tertiary/aromatic N) is 1. The third-order valence-corrected chi connectivity index (χ3v) is 2.99. The maximum absolute atomic E-state index is 12.5. The fourth-order valence-electron chi connectivity index (χ4n) is 1.69. The fraction of sp³-hybridized carbons (Fsp3) is 0.333. The average Bonchev–Trinajstić information content (AvgIpc) is 2.29. The summed E-state index contributed by atoms with van der Waals surface area (Å²) < 4.78 is 37.6. The second-order valence-corrected chi connectivity index (χ2v) is 4.37. The van der Waals surface area contributed by atoms with Crippen LogP contribution in [0.4, 0.5) is 24.5 Å². The summed E-state index contributed by atoms with van der Waals surface area (Å²) in [6.07, 6.45) is -3.71. The Morgan fingerprint density at radius 1 is 1.39 bits per heavy atom. The van der Waals surface area contributed by atoms with E-state index >= 15 is 0 Å². The van der Waals surface area contributed by atoms with E-state index < -0.39 is 17.3 Å². The van der Waals surface area contributed by atoms with Crippen LogP contribution in [0, 0.1) is 0 Å². The minimum absolute atomic E-state index is 0.196. The van der Waals surface area contributed by atoms with Crippen LogP contribution in [0.25, 0.3) is 0 Å². The first-order chi connectivity index (χ1) is 8.26. The maximum Gasteiger partial charge on any atom is 0.416 e. The molecule has 0 bridgehead atoms. The van der Waals surface area contributed by atoms with E-state index in [1.165, 1.54) is 6.07 Å². The highest BCUT2D eigenvalue weighted by Crippen LogP contribution is 2.38. The Kier molecular flexibility index (Phi) is 2.68. The van der Waals surface area contributed by atoms with Gasteiger partial charge in [-0.05, 0) is 32.0 Å². The lowest BCUT2D eigenvalue weighted by Gasteiger charge is -2.31. The smallest absolute Gasteiger partial charge is 0.367 e. The lowest BCUT2D eigenvalue weighted by Crippen LogP contribution is -2.45. The summed E-state index contributed by atoms with van der Waals surface area (Å²) in [7, 11) is 0. The summed E-state index contributed by atoms with van der Waals surface area (Å²) in [4.78, 5) is 15.1. The first-order valence-electron chi connectivity index (χ1n) is 5.28. The Balaban J connectivity index is 2.51. The SMILES string of the molecule is CC1=Nc2cc(C(F)(F)F)ccc2NC1(C)C=O. The normalized spacial score (nSPS) is 22.8. The van der Waals surface area contributed by atoms with Crippen LogP contribution in [0.15, 0.2) is 23.2 Å². The molecule has 1 aliphatic rings. The van der Waals surface area contributed by atoms with Gasteiger partial charge in [-0.15, -0.1) is 0 Å². The summed E-state index contributed by atoms with van der Waals surface area (Å²) in [6.45, 7) is 3.23. The number of hydrogen-bond acceptors (Lipinski definition) is 3. The highest BCUT2D eigenvalue weighted by Gasteiger charge is 2.34. The van der Waals surface area contributed by atoms with E-state index in [4.69, 9.17) is 0 Å². The van der Waals surface area contributed by atoms with Crippen molar-refractivity contribution in [3.63, 3.8) is 0 Å². The van der Waals surface area contributed by atoms with Gasteiger partial charge >= 0.3 is 6.18 Å². The zero-order chi connectivity index (χ0) is 13.6. The van der Waals surface area contributed by atoms with E-state index in [-0.39, 0.29) is 5.69 Å². The average molecular weight is 256 g/mol. The number of fused-ring (bicyclic) bond motifs is 1. The second-order valence-electron chi connectivity index (χ2n) is 4.37. The fourth-order valence-corrected chi connectivity index (χ4v) is 1.69. The number of alkyl halides is 3. The predicted molar refractivity (Wildman–Crippen MR) is 62.3 cm³/mol. The molecule has 1 aromatic carbocycles. The number of nitrogens with one attached hydrogen (secondary N) is 1. The standard InChI is InChI=1S/C12H11F3N2O/c1-7-11(2,6-18)17-9-4-3-8(12(13,14)15)5-10(9)16-7/h3-6,17H,1-2H3. The molecule has 1 unspecified atom stereocenters. The molecular formula is C12H11F3N2O. The number of hydrogen-bond donors (Lipinski definition) is 1. The predicted octanol–water partition coefficient (Wildman–Crippen LogP) is 3.18. The second kappa shape index (κ2) is 3.83. The molecule has 0 aromatic heterocycles. The number of anilines is 1. The topological polar surface area (TPSA) is 41.5 Å².